The lowest BCUT2D eigenvalue weighted by Gasteiger charge is -2.12. The van der Waals surface area contributed by atoms with Gasteiger partial charge in [-0.3, -0.25) is 9.78 Å². The maximum atomic E-state index is 12.8. The number of fused-ring (bicyclic) bond motifs is 2. The van der Waals surface area contributed by atoms with Crippen molar-refractivity contribution in [1.29, 1.82) is 0 Å². The molecule has 3 aromatic heterocycles. The van der Waals surface area contributed by atoms with E-state index in [9.17, 15) is 13.2 Å². The van der Waals surface area contributed by atoms with Gasteiger partial charge in [-0.15, -0.1) is 0 Å². The van der Waals surface area contributed by atoms with Crippen molar-refractivity contribution in [2.75, 3.05) is 31.4 Å². The Kier molecular flexibility index (Phi) is 6.38. The highest BCUT2D eigenvalue weighted by Crippen LogP contribution is 2.24. The van der Waals surface area contributed by atoms with Crippen LogP contribution in [0.15, 0.2) is 65.7 Å². The number of carbonyl (C=O) groups excluding carboxylic acids is 1. The average Bonchev–Trinajstić information content (AvgIpc) is 3.04. The van der Waals surface area contributed by atoms with Crippen molar-refractivity contribution in [2.45, 2.75) is 18.0 Å². The number of nitrogens with zero attached hydrogens (tertiary/aromatic N) is 4. The summed E-state index contributed by atoms with van der Waals surface area (Å²) in [5.74, 6) is 0.355. The Morgan fingerprint density at radius 2 is 1.89 bits per heavy atom. The molecule has 4 heterocycles. The number of nitrogens with one attached hydrogen (secondary N) is 1. The second kappa shape index (κ2) is 9.63. The quantitative estimate of drug-likeness (QED) is 0.442. The van der Waals surface area contributed by atoms with E-state index in [0.29, 0.717) is 11.3 Å². The number of benzene rings is 1. The molecule has 1 aromatic carbocycles. The standard InChI is InChI=1S/C26H25N5O4S/c1-31(2)25-5-3-4-21(30-25)22-9-8-18-14-27-20(13-23(18)29-22)15-28-26(32)17-6-7-19-16-35-10-11-36(33,34)24(19)12-17/h3-9,12-14H,10-11,15-16H2,1-2H3,(H,28,32). The number of pyridine rings is 3. The summed E-state index contributed by atoms with van der Waals surface area (Å²) in [5, 5.41) is 3.69. The lowest BCUT2D eigenvalue weighted by Crippen LogP contribution is -2.23. The van der Waals surface area contributed by atoms with Gasteiger partial charge >= 0.3 is 0 Å². The number of hydrogen-bond donors (Lipinski definition) is 1. The van der Waals surface area contributed by atoms with Crippen molar-refractivity contribution in [3.8, 4) is 11.4 Å². The van der Waals surface area contributed by atoms with Gasteiger partial charge in [-0.1, -0.05) is 12.1 Å². The van der Waals surface area contributed by atoms with Gasteiger partial charge in [0.15, 0.2) is 9.84 Å². The molecule has 4 aromatic rings. The normalized spacial score (nSPS) is 14.6. The molecule has 0 radical (unpaired) electrons. The maximum Gasteiger partial charge on any atom is 0.251 e. The number of ether oxygens (including phenoxy) is 1. The first-order valence-electron chi connectivity index (χ1n) is 11.4. The van der Waals surface area contributed by atoms with E-state index < -0.39 is 9.84 Å². The van der Waals surface area contributed by atoms with Crippen LogP contribution >= 0.6 is 0 Å². The number of carbonyl (C=O) groups is 1. The first-order valence-corrected chi connectivity index (χ1v) is 13.1. The van der Waals surface area contributed by atoms with Crippen LogP contribution in [-0.4, -0.2) is 55.7 Å². The maximum absolute atomic E-state index is 12.8. The molecule has 184 valence electrons. The van der Waals surface area contributed by atoms with E-state index in [1.807, 2.05) is 55.4 Å². The summed E-state index contributed by atoms with van der Waals surface area (Å²) in [6.45, 7) is 0.516. The molecule has 9 nitrogen and oxygen atoms in total. The van der Waals surface area contributed by atoms with Gasteiger partial charge < -0.3 is 15.0 Å². The summed E-state index contributed by atoms with van der Waals surface area (Å²) in [4.78, 5) is 28.7. The topological polar surface area (TPSA) is 114 Å². The molecule has 5 rings (SSSR count). The number of aromatic nitrogens is 3. The smallest absolute Gasteiger partial charge is 0.251 e. The fourth-order valence-corrected chi connectivity index (χ4v) is 5.34. The number of sulfone groups is 1. The average molecular weight is 504 g/mol. The van der Waals surface area contributed by atoms with Gasteiger partial charge in [0.2, 0.25) is 0 Å². The van der Waals surface area contributed by atoms with Gasteiger partial charge in [-0.25, -0.2) is 18.4 Å². The SMILES string of the molecule is CN(C)c1cccc(-c2ccc3cnc(CNC(=O)c4ccc5c(c4)S(=O)(=O)CCOC5)cc3n2)n1. The van der Waals surface area contributed by atoms with Gasteiger partial charge in [0, 0.05) is 31.2 Å². The largest absolute Gasteiger partial charge is 0.376 e. The van der Waals surface area contributed by atoms with E-state index in [4.69, 9.17) is 9.72 Å². The number of rotatable bonds is 5. The molecule has 0 unspecified atom stereocenters. The highest BCUT2D eigenvalue weighted by Gasteiger charge is 2.23. The number of amides is 1. The predicted octanol–water partition coefficient (Wildman–Crippen LogP) is 2.99. The fraction of sp³-hybridized carbons (Fsp3) is 0.231. The minimum Gasteiger partial charge on any atom is -0.376 e. The zero-order valence-corrected chi connectivity index (χ0v) is 20.7. The summed E-state index contributed by atoms with van der Waals surface area (Å²) in [6, 6.07) is 16.1. The third-order valence-electron chi connectivity index (χ3n) is 5.93. The van der Waals surface area contributed by atoms with Crippen LogP contribution in [0.5, 0.6) is 0 Å². The van der Waals surface area contributed by atoms with Crippen LogP contribution in [-0.2, 0) is 27.7 Å². The molecular weight excluding hydrogens is 478 g/mol. The molecule has 10 heteroatoms. The van der Waals surface area contributed by atoms with E-state index in [-0.39, 0.29) is 41.9 Å². The Bertz CT molecular complexity index is 1570. The molecule has 0 bridgehead atoms. The molecule has 1 aliphatic heterocycles. The van der Waals surface area contributed by atoms with Crippen LogP contribution in [0.2, 0.25) is 0 Å². The summed E-state index contributed by atoms with van der Waals surface area (Å²) in [7, 11) is 0.377. The predicted molar refractivity (Wildman–Crippen MR) is 136 cm³/mol. The van der Waals surface area contributed by atoms with Gasteiger partial charge in [-0.2, -0.15) is 0 Å². The van der Waals surface area contributed by atoms with Crippen LogP contribution in [0.3, 0.4) is 0 Å². The summed E-state index contributed by atoms with van der Waals surface area (Å²) in [5.41, 5.74) is 3.70. The zero-order chi connectivity index (χ0) is 25.3. The van der Waals surface area contributed by atoms with Crippen molar-refractivity contribution < 1.29 is 17.9 Å². The van der Waals surface area contributed by atoms with Crippen LogP contribution in [0.1, 0.15) is 21.6 Å². The van der Waals surface area contributed by atoms with Crippen molar-refractivity contribution >= 4 is 32.5 Å². The van der Waals surface area contributed by atoms with Gasteiger partial charge in [0.1, 0.15) is 5.82 Å². The van der Waals surface area contributed by atoms with Crippen LogP contribution < -0.4 is 10.2 Å². The van der Waals surface area contributed by atoms with E-state index in [1.165, 1.54) is 6.07 Å². The molecule has 1 aliphatic rings. The molecule has 0 fully saturated rings. The summed E-state index contributed by atoms with van der Waals surface area (Å²) in [6.07, 6.45) is 1.71. The summed E-state index contributed by atoms with van der Waals surface area (Å²) >= 11 is 0. The minimum absolute atomic E-state index is 0.101. The third kappa shape index (κ3) is 4.91. The number of anilines is 1. The van der Waals surface area contributed by atoms with Crippen molar-refractivity contribution in [3.63, 3.8) is 0 Å². The Hall–Kier alpha value is -3.89. The second-order valence-corrected chi connectivity index (χ2v) is 10.8. The van der Waals surface area contributed by atoms with Gasteiger partial charge in [0.25, 0.3) is 5.91 Å². The molecule has 0 saturated heterocycles. The molecule has 0 atom stereocenters. The third-order valence-corrected chi connectivity index (χ3v) is 7.69. The highest BCUT2D eigenvalue weighted by atomic mass is 32.2. The Labute approximate surface area is 209 Å². The van der Waals surface area contributed by atoms with Crippen molar-refractivity contribution in [1.82, 2.24) is 20.3 Å². The first-order chi connectivity index (χ1) is 17.3. The lowest BCUT2D eigenvalue weighted by atomic mass is 10.1. The minimum atomic E-state index is -3.49. The Morgan fingerprint density at radius 3 is 2.72 bits per heavy atom. The van der Waals surface area contributed by atoms with Crippen molar-refractivity contribution in [3.05, 3.63) is 77.6 Å². The second-order valence-electron chi connectivity index (χ2n) is 8.72. The van der Waals surface area contributed by atoms with E-state index in [2.05, 4.69) is 15.3 Å². The number of hydrogen-bond acceptors (Lipinski definition) is 8. The zero-order valence-electron chi connectivity index (χ0n) is 19.9. The molecule has 36 heavy (non-hydrogen) atoms. The Morgan fingerprint density at radius 1 is 1.06 bits per heavy atom. The first kappa shape index (κ1) is 23.8. The fourth-order valence-electron chi connectivity index (χ4n) is 3.95. The van der Waals surface area contributed by atoms with Crippen molar-refractivity contribution in [2.24, 2.45) is 0 Å². The molecule has 1 N–H and O–H groups in total. The summed E-state index contributed by atoms with van der Waals surface area (Å²) < 4.78 is 30.4. The lowest BCUT2D eigenvalue weighted by molar-refractivity contribution is 0.0950. The molecule has 0 aliphatic carbocycles. The Balaban J connectivity index is 1.35. The molecule has 0 saturated carbocycles. The molecular formula is C26H25N5O4S. The van der Waals surface area contributed by atoms with Gasteiger partial charge in [0.05, 0.1) is 53.0 Å². The highest BCUT2D eigenvalue weighted by molar-refractivity contribution is 7.91. The van der Waals surface area contributed by atoms with Crippen LogP contribution in [0.4, 0.5) is 5.82 Å². The van der Waals surface area contributed by atoms with Gasteiger partial charge in [-0.05, 0) is 48.0 Å². The van der Waals surface area contributed by atoms with E-state index >= 15 is 0 Å². The molecule has 1 amide bonds. The van der Waals surface area contributed by atoms with Crippen LogP contribution in [0, 0.1) is 0 Å². The van der Waals surface area contributed by atoms with E-state index in [0.717, 1.165) is 28.1 Å². The van der Waals surface area contributed by atoms with E-state index in [1.54, 1.807) is 18.3 Å². The molecule has 0 spiro atoms. The monoisotopic (exact) mass is 503 g/mol. The van der Waals surface area contributed by atoms with Crippen LogP contribution in [0.25, 0.3) is 22.3 Å².